The maximum absolute atomic E-state index is 15.7. The summed E-state index contributed by atoms with van der Waals surface area (Å²) in [5.41, 5.74) is 0.318. The number of para-hydroxylation sites is 1. The first-order valence-corrected chi connectivity index (χ1v) is 13.5. The van der Waals surface area contributed by atoms with Crippen LogP contribution in [0.4, 0.5) is 10.1 Å². The summed E-state index contributed by atoms with van der Waals surface area (Å²) in [6, 6.07) is 10.9. The lowest BCUT2D eigenvalue weighted by Crippen LogP contribution is -2.50. The van der Waals surface area contributed by atoms with Gasteiger partial charge in [-0.15, -0.1) is 0 Å². The Morgan fingerprint density at radius 2 is 1.84 bits per heavy atom. The Kier molecular flexibility index (Phi) is 6.84. The second kappa shape index (κ2) is 9.68. The van der Waals surface area contributed by atoms with E-state index in [9.17, 15) is 14.7 Å². The Bertz CT molecular complexity index is 1210. The minimum Gasteiger partial charge on any atom is -0.393 e. The Balaban J connectivity index is 1.66. The molecule has 4 atom stereocenters. The van der Waals surface area contributed by atoms with Crippen LogP contribution in [0.1, 0.15) is 69.9 Å². The first-order valence-electron chi connectivity index (χ1n) is 13.1. The lowest BCUT2D eigenvalue weighted by Gasteiger charge is -2.37. The second-order valence-electron chi connectivity index (χ2n) is 12.0. The number of aliphatic hydroxyl groups is 1. The number of aliphatic hydroxyl groups excluding tert-OH is 1. The van der Waals surface area contributed by atoms with Gasteiger partial charge in [0.25, 0.3) is 0 Å². The van der Waals surface area contributed by atoms with Gasteiger partial charge in [-0.25, -0.2) is 4.39 Å². The van der Waals surface area contributed by atoms with Crippen molar-refractivity contribution in [3.8, 4) is 0 Å². The molecule has 2 heterocycles. The number of rotatable bonds is 4. The molecule has 198 valence electrons. The van der Waals surface area contributed by atoms with Gasteiger partial charge in [0.2, 0.25) is 11.8 Å². The molecule has 2 aromatic rings. The van der Waals surface area contributed by atoms with Gasteiger partial charge in [0.15, 0.2) is 0 Å². The first kappa shape index (κ1) is 26.1. The van der Waals surface area contributed by atoms with Gasteiger partial charge in [0.05, 0.1) is 17.2 Å². The maximum Gasteiger partial charge on any atom is 0.238 e. The number of benzene rings is 2. The van der Waals surface area contributed by atoms with Crippen LogP contribution in [0.2, 0.25) is 5.02 Å². The highest BCUT2D eigenvalue weighted by Gasteiger charge is 2.66. The monoisotopic (exact) mass is 527 g/mol. The number of fused-ring (bicyclic) bond motifs is 2. The molecule has 1 saturated carbocycles. The molecule has 3 aliphatic rings. The highest BCUT2D eigenvalue weighted by molar-refractivity contribution is 6.30. The van der Waals surface area contributed by atoms with Crippen LogP contribution in [0.15, 0.2) is 42.5 Å². The van der Waals surface area contributed by atoms with Crippen molar-refractivity contribution < 1.29 is 19.1 Å². The number of nitrogens with one attached hydrogen (secondary N) is 3. The van der Waals surface area contributed by atoms with Crippen LogP contribution in [0.3, 0.4) is 0 Å². The Morgan fingerprint density at radius 3 is 2.54 bits per heavy atom. The van der Waals surface area contributed by atoms with Crippen LogP contribution in [-0.4, -0.2) is 41.2 Å². The molecule has 8 heteroatoms. The molecule has 2 aliphatic heterocycles. The van der Waals surface area contributed by atoms with E-state index >= 15 is 4.39 Å². The predicted molar refractivity (Wildman–Crippen MR) is 142 cm³/mol. The standard InChI is InChI=1S/C29H35ClFN3O3/c1-28(2,3)15-22-29(19-8-4-5-10-21(19)33-27(29)37)23(18-7-6-9-20(30)24(18)31)25(34-22)26(36)32-16-11-13-17(35)14-12-16/h4-10,16-17,22-23,25,34-35H,11-15H2,1-3H3,(H,32,36)(H,33,37)/t16-,17-,22-,23-,25+,29+/m0/s1. The largest absolute Gasteiger partial charge is 0.393 e. The molecule has 1 spiro atoms. The van der Waals surface area contributed by atoms with Crippen molar-refractivity contribution in [2.75, 3.05) is 5.32 Å². The third-order valence-corrected chi connectivity index (χ3v) is 8.50. The van der Waals surface area contributed by atoms with Gasteiger partial charge in [-0.05, 0) is 60.8 Å². The average molecular weight is 528 g/mol. The van der Waals surface area contributed by atoms with Gasteiger partial charge in [-0.1, -0.05) is 62.7 Å². The molecule has 0 radical (unpaired) electrons. The molecule has 37 heavy (non-hydrogen) atoms. The molecule has 2 amide bonds. The van der Waals surface area contributed by atoms with Crippen LogP contribution < -0.4 is 16.0 Å². The van der Waals surface area contributed by atoms with Crippen LogP contribution >= 0.6 is 11.6 Å². The zero-order chi connectivity index (χ0) is 26.5. The van der Waals surface area contributed by atoms with E-state index < -0.39 is 29.2 Å². The van der Waals surface area contributed by atoms with Crippen molar-refractivity contribution in [2.45, 2.75) is 88.4 Å². The SMILES string of the molecule is CC(C)(C)C[C@@H]1N[C@@H](C(=O)N[C@H]2CC[C@H](O)CC2)[C@H](c2cccc(Cl)c2F)[C@]12C(=O)Nc1ccccc12. The van der Waals surface area contributed by atoms with E-state index in [-0.39, 0.29) is 40.0 Å². The van der Waals surface area contributed by atoms with Crippen LogP contribution in [0.25, 0.3) is 0 Å². The normalized spacial score (nSPS) is 31.3. The lowest BCUT2D eigenvalue weighted by atomic mass is 9.62. The van der Waals surface area contributed by atoms with Crippen molar-refractivity contribution in [1.82, 2.24) is 10.6 Å². The van der Waals surface area contributed by atoms with Crippen molar-refractivity contribution in [3.05, 3.63) is 64.4 Å². The zero-order valence-corrected chi connectivity index (χ0v) is 22.2. The minimum atomic E-state index is -1.21. The molecule has 5 rings (SSSR count). The fourth-order valence-corrected chi connectivity index (χ4v) is 6.82. The fourth-order valence-electron chi connectivity index (χ4n) is 6.64. The highest BCUT2D eigenvalue weighted by Crippen LogP contribution is 2.56. The molecule has 2 fully saturated rings. The molecule has 0 aromatic heterocycles. The topological polar surface area (TPSA) is 90.5 Å². The number of hydrogen-bond acceptors (Lipinski definition) is 4. The number of carbonyl (C=O) groups excluding carboxylic acids is 2. The maximum atomic E-state index is 15.7. The summed E-state index contributed by atoms with van der Waals surface area (Å²) in [6.07, 6.45) is 2.85. The van der Waals surface area contributed by atoms with E-state index in [4.69, 9.17) is 11.6 Å². The third kappa shape index (κ3) is 4.55. The van der Waals surface area contributed by atoms with Gasteiger partial charge in [-0.2, -0.15) is 0 Å². The molecular weight excluding hydrogens is 493 g/mol. The first-order chi connectivity index (χ1) is 17.5. The molecular formula is C29H35ClFN3O3. The van der Waals surface area contributed by atoms with Crippen molar-refractivity contribution in [1.29, 1.82) is 0 Å². The number of anilines is 1. The van der Waals surface area contributed by atoms with Crippen LogP contribution in [0, 0.1) is 11.2 Å². The van der Waals surface area contributed by atoms with E-state index in [1.165, 1.54) is 6.07 Å². The Morgan fingerprint density at radius 1 is 1.14 bits per heavy atom. The van der Waals surface area contributed by atoms with Crippen LogP contribution in [0.5, 0.6) is 0 Å². The van der Waals surface area contributed by atoms with E-state index in [0.717, 1.165) is 5.56 Å². The van der Waals surface area contributed by atoms with E-state index in [1.807, 2.05) is 24.3 Å². The molecule has 6 nitrogen and oxygen atoms in total. The van der Waals surface area contributed by atoms with Crippen molar-refractivity contribution >= 4 is 29.1 Å². The second-order valence-corrected chi connectivity index (χ2v) is 12.4. The molecule has 1 aliphatic carbocycles. The van der Waals surface area contributed by atoms with E-state index in [0.29, 0.717) is 37.8 Å². The molecule has 4 N–H and O–H groups in total. The molecule has 2 aromatic carbocycles. The van der Waals surface area contributed by atoms with E-state index in [2.05, 4.69) is 36.7 Å². The zero-order valence-electron chi connectivity index (χ0n) is 21.5. The van der Waals surface area contributed by atoms with Crippen molar-refractivity contribution in [2.24, 2.45) is 5.41 Å². The molecule has 0 bridgehead atoms. The summed E-state index contributed by atoms with van der Waals surface area (Å²) < 4.78 is 15.7. The van der Waals surface area contributed by atoms with Crippen LogP contribution in [-0.2, 0) is 15.0 Å². The van der Waals surface area contributed by atoms with Gasteiger partial charge in [0.1, 0.15) is 11.2 Å². The van der Waals surface area contributed by atoms with E-state index in [1.54, 1.807) is 12.1 Å². The van der Waals surface area contributed by atoms with Gasteiger partial charge in [0, 0.05) is 23.7 Å². The molecule has 1 saturated heterocycles. The predicted octanol–water partition coefficient (Wildman–Crippen LogP) is 4.65. The summed E-state index contributed by atoms with van der Waals surface area (Å²) in [6.45, 7) is 6.28. The van der Waals surface area contributed by atoms with Crippen molar-refractivity contribution in [3.63, 3.8) is 0 Å². The average Bonchev–Trinajstić information content (AvgIpc) is 3.32. The minimum absolute atomic E-state index is 0.0426. The number of halogens is 2. The summed E-state index contributed by atoms with van der Waals surface area (Å²) in [5.74, 6) is -1.94. The van der Waals surface area contributed by atoms with Gasteiger partial charge < -0.3 is 21.1 Å². The number of amides is 2. The number of hydrogen-bond donors (Lipinski definition) is 4. The summed E-state index contributed by atoms with van der Waals surface area (Å²) >= 11 is 6.24. The summed E-state index contributed by atoms with van der Waals surface area (Å²) in [5, 5.41) is 19.5. The quantitative estimate of drug-likeness (QED) is 0.466. The van der Waals surface area contributed by atoms with Gasteiger partial charge in [-0.3, -0.25) is 9.59 Å². The Labute approximate surface area is 222 Å². The fraction of sp³-hybridized carbons (Fsp3) is 0.517. The molecule has 0 unspecified atom stereocenters. The number of carbonyl (C=O) groups is 2. The summed E-state index contributed by atoms with van der Waals surface area (Å²) in [4.78, 5) is 28.0. The smallest absolute Gasteiger partial charge is 0.238 e. The lowest BCUT2D eigenvalue weighted by molar-refractivity contribution is -0.124. The summed E-state index contributed by atoms with van der Waals surface area (Å²) in [7, 11) is 0. The Hall–Kier alpha value is -2.48. The third-order valence-electron chi connectivity index (χ3n) is 8.21. The highest BCUT2D eigenvalue weighted by atomic mass is 35.5. The van der Waals surface area contributed by atoms with Gasteiger partial charge >= 0.3 is 0 Å².